The van der Waals surface area contributed by atoms with Gasteiger partial charge in [0.05, 0.1) is 0 Å². The number of carbonyl (C=O) groups excluding carboxylic acids is 1. The van der Waals surface area contributed by atoms with Crippen molar-refractivity contribution in [2.75, 3.05) is 0 Å². The molecule has 1 aromatic rings. The highest BCUT2D eigenvalue weighted by Gasteiger charge is 2.35. The number of carbonyl (C=O) groups is 1. The quantitative estimate of drug-likeness (QED) is 0.696. The van der Waals surface area contributed by atoms with Crippen LogP contribution < -0.4 is 0 Å². The second-order valence-electron chi connectivity index (χ2n) is 4.40. The third-order valence-electron chi connectivity index (χ3n) is 3.16. The summed E-state index contributed by atoms with van der Waals surface area (Å²) in [5, 5.41) is 0. The summed E-state index contributed by atoms with van der Waals surface area (Å²) in [6.45, 7) is 1.92. The highest BCUT2D eigenvalue weighted by molar-refractivity contribution is 5.82. The normalized spacial score (nSPS) is 25.9. The highest BCUT2D eigenvalue weighted by Crippen LogP contribution is 2.39. The standard InChI is InChI=1S/C12H12F2O/c1-12(5-4-9(15)7-12)8-2-3-10(13)11(14)6-8/h2-3,6H,4-5,7H2,1H3. The minimum Gasteiger partial charge on any atom is -0.300 e. The molecule has 3 heteroatoms. The lowest BCUT2D eigenvalue weighted by atomic mass is 9.81. The summed E-state index contributed by atoms with van der Waals surface area (Å²) in [6, 6.07) is 3.89. The van der Waals surface area contributed by atoms with E-state index in [4.69, 9.17) is 0 Å². The smallest absolute Gasteiger partial charge is 0.159 e. The molecule has 1 aliphatic carbocycles. The van der Waals surface area contributed by atoms with Gasteiger partial charge in [0.25, 0.3) is 0 Å². The molecular weight excluding hydrogens is 198 g/mol. The molecule has 2 rings (SSSR count). The fourth-order valence-electron chi connectivity index (χ4n) is 2.15. The van der Waals surface area contributed by atoms with Crippen LogP contribution in [0.5, 0.6) is 0 Å². The van der Waals surface area contributed by atoms with Crippen molar-refractivity contribution in [2.45, 2.75) is 31.6 Å². The summed E-state index contributed by atoms with van der Waals surface area (Å²) in [7, 11) is 0. The first-order chi connectivity index (χ1) is 7.01. The third kappa shape index (κ3) is 1.78. The lowest BCUT2D eigenvalue weighted by Crippen LogP contribution is -2.18. The summed E-state index contributed by atoms with van der Waals surface area (Å²) in [4.78, 5) is 11.2. The van der Waals surface area contributed by atoms with Gasteiger partial charge in [0.1, 0.15) is 5.78 Å². The van der Waals surface area contributed by atoms with E-state index in [-0.39, 0.29) is 11.2 Å². The van der Waals surface area contributed by atoms with E-state index in [0.29, 0.717) is 18.4 Å². The second kappa shape index (κ2) is 3.40. The van der Waals surface area contributed by atoms with E-state index in [1.807, 2.05) is 6.92 Å². The zero-order chi connectivity index (χ0) is 11.1. The van der Waals surface area contributed by atoms with Crippen molar-refractivity contribution in [2.24, 2.45) is 0 Å². The number of hydrogen-bond acceptors (Lipinski definition) is 1. The van der Waals surface area contributed by atoms with Crippen LogP contribution in [0.3, 0.4) is 0 Å². The molecule has 1 atom stereocenters. The maximum absolute atomic E-state index is 13.0. The fourth-order valence-corrected chi connectivity index (χ4v) is 2.15. The molecule has 0 heterocycles. The summed E-state index contributed by atoms with van der Waals surface area (Å²) >= 11 is 0. The van der Waals surface area contributed by atoms with Gasteiger partial charge < -0.3 is 0 Å². The first kappa shape index (κ1) is 10.3. The van der Waals surface area contributed by atoms with Crippen molar-refractivity contribution < 1.29 is 13.6 Å². The zero-order valence-corrected chi connectivity index (χ0v) is 8.52. The molecule has 0 aliphatic heterocycles. The first-order valence-corrected chi connectivity index (χ1v) is 4.98. The van der Waals surface area contributed by atoms with E-state index in [1.54, 1.807) is 6.07 Å². The molecule has 80 valence electrons. The van der Waals surface area contributed by atoms with Gasteiger partial charge in [-0.2, -0.15) is 0 Å². The Morgan fingerprint density at radius 1 is 1.27 bits per heavy atom. The number of ketones is 1. The zero-order valence-electron chi connectivity index (χ0n) is 8.52. The highest BCUT2D eigenvalue weighted by atomic mass is 19.2. The van der Waals surface area contributed by atoms with Crippen LogP contribution in [0.25, 0.3) is 0 Å². The minimum atomic E-state index is -0.841. The Bertz CT molecular complexity index is 414. The van der Waals surface area contributed by atoms with Crippen LogP contribution in [-0.4, -0.2) is 5.78 Å². The van der Waals surface area contributed by atoms with Gasteiger partial charge in [0.2, 0.25) is 0 Å². The van der Waals surface area contributed by atoms with E-state index >= 15 is 0 Å². The van der Waals surface area contributed by atoms with Gasteiger partial charge in [-0.25, -0.2) is 8.78 Å². The van der Waals surface area contributed by atoms with Crippen LogP contribution in [0.4, 0.5) is 8.78 Å². The maximum Gasteiger partial charge on any atom is 0.159 e. The molecule has 1 unspecified atom stereocenters. The molecular formula is C12H12F2O. The Hall–Kier alpha value is -1.25. The molecule has 1 saturated carbocycles. The number of rotatable bonds is 1. The molecule has 1 nitrogen and oxygen atoms in total. The Morgan fingerprint density at radius 3 is 2.53 bits per heavy atom. The lowest BCUT2D eigenvalue weighted by Gasteiger charge is -2.23. The summed E-state index contributed by atoms with van der Waals surface area (Å²) in [5.41, 5.74) is 0.401. The minimum absolute atomic E-state index is 0.197. The molecule has 0 radical (unpaired) electrons. The Morgan fingerprint density at radius 2 is 2.00 bits per heavy atom. The van der Waals surface area contributed by atoms with Gasteiger partial charge >= 0.3 is 0 Å². The van der Waals surface area contributed by atoms with E-state index in [2.05, 4.69) is 0 Å². The van der Waals surface area contributed by atoms with E-state index in [9.17, 15) is 13.6 Å². The number of benzene rings is 1. The largest absolute Gasteiger partial charge is 0.300 e. The predicted octanol–water partition coefficient (Wildman–Crippen LogP) is 2.98. The van der Waals surface area contributed by atoms with Crippen molar-refractivity contribution in [3.05, 3.63) is 35.4 Å². The molecule has 0 amide bonds. The Labute approximate surface area is 87.1 Å². The Balaban J connectivity index is 2.37. The van der Waals surface area contributed by atoms with E-state index < -0.39 is 11.6 Å². The number of Topliss-reactive ketones (excluding diaryl/α,β-unsaturated/α-hetero) is 1. The SMILES string of the molecule is CC1(c2ccc(F)c(F)c2)CCC(=O)C1. The van der Waals surface area contributed by atoms with Gasteiger partial charge in [-0.15, -0.1) is 0 Å². The van der Waals surface area contributed by atoms with E-state index in [0.717, 1.165) is 12.5 Å². The molecule has 0 aromatic heterocycles. The van der Waals surface area contributed by atoms with Gasteiger partial charge in [0, 0.05) is 12.8 Å². The average molecular weight is 210 g/mol. The van der Waals surface area contributed by atoms with Crippen LogP contribution in [0.2, 0.25) is 0 Å². The number of hydrogen-bond donors (Lipinski definition) is 0. The van der Waals surface area contributed by atoms with Crippen LogP contribution in [-0.2, 0) is 10.2 Å². The van der Waals surface area contributed by atoms with E-state index in [1.165, 1.54) is 6.07 Å². The molecule has 0 saturated heterocycles. The molecule has 0 N–H and O–H groups in total. The number of halogens is 2. The molecule has 1 aromatic carbocycles. The summed E-state index contributed by atoms with van der Waals surface area (Å²) < 4.78 is 25.8. The molecule has 1 fully saturated rings. The lowest BCUT2D eigenvalue weighted by molar-refractivity contribution is -0.117. The van der Waals surface area contributed by atoms with Crippen molar-refractivity contribution in [1.82, 2.24) is 0 Å². The van der Waals surface area contributed by atoms with Crippen LogP contribution in [0, 0.1) is 11.6 Å². The molecule has 0 spiro atoms. The predicted molar refractivity (Wildman–Crippen MR) is 52.6 cm³/mol. The van der Waals surface area contributed by atoms with Crippen molar-refractivity contribution >= 4 is 5.78 Å². The van der Waals surface area contributed by atoms with Gasteiger partial charge in [-0.1, -0.05) is 13.0 Å². The van der Waals surface area contributed by atoms with Crippen molar-refractivity contribution in [3.63, 3.8) is 0 Å². The van der Waals surface area contributed by atoms with Crippen molar-refractivity contribution in [3.8, 4) is 0 Å². The first-order valence-electron chi connectivity index (χ1n) is 4.98. The second-order valence-corrected chi connectivity index (χ2v) is 4.40. The third-order valence-corrected chi connectivity index (χ3v) is 3.16. The monoisotopic (exact) mass is 210 g/mol. The molecule has 15 heavy (non-hydrogen) atoms. The maximum atomic E-state index is 13.0. The summed E-state index contributed by atoms with van der Waals surface area (Å²) in [5.74, 6) is -1.48. The Kier molecular flexibility index (Phi) is 2.33. The van der Waals surface area contributed by atoms with Crippen molar-refractivity contribution in [1.29, 1.82) is 0 Å². The van der Waals surface area contributed by atoms with Gasteiger partial charge in [-0.05, 0) is 29.5 Å². The topological polar surface area (TPSA) is 17.1 Å². The van der Waals surface area contributed by atoms with Gasteiger partial charge in [-0.3, -0.25) is 4.79 Å². The average Bonchev–Trinajstić information content (AvgIpc) is 2.52. The van der Waals surface area contributed by atoms with Crippen LogP contribution in [0.1, 0.15) is 31.7 Å². The van der Waals surface area contributed by atoms with Gasteiger partial charge in [0.15, 0.2) is 11.6 Å². The summed E-state index contributed by atoms with van der Waals surface area (Å²) in [6.07, 6.45) is 1.68. The fraction of sp³-hybridized carbons (Fsp3) is 0.417. The van der Waals surface area contributed by atoms with Crippen LogP contribution in [0.15, 0.2) is 18.2 Å². The van der Waals surface area contributed by atoms with Crippen LogP contribution >= 0.6 is 0 Å². The molecule has 0 bridgehead atoms. The molecule has 1 aliphatic rings.